The second-order valence-corrected chi connectivity index (χ2v) is 9.21. The third-order valence-corrected chi connectivity index (χ3v) is 7.39. The number of hydrogen-bond donors (Lipinski definition) is 1. The predicted octanol–water partition coefficient (Wildman–Crippen LogP) is 4.00. The molecule has 0 spiro atoms. The van der Waals surface area contributed by atoms with E-state index in [1.165, 1.54) is 11.3 Å². The number of thiophene rings is 1. The number of morpholine rings is 1. The van der Waals surface area contributed by atoms with Gasteiger partial charge in [-0.15, -0.1) is 11.3 Å². The van der Waals surface area contributed by atoms with Crippen molar-refractivity contribution in [3.63, 3.8) is 0 Å². The smallest absolute Gasteiger partial charge is 0.263 e. The van der Waals surface area contributed by atoms with Crippen molar-refractivity contribution in [2.45, 2.75) is 13.0 Å². The normalized spacial score (nSPS) is 15.3. The highest BCUT2D eigenvalue weighted by Crippen LogP contribution is 2.33. The van der Waals surface area contributed by atoms with Crippen LogP contribution in [-0.4, -0.2) is 62.9 Å². The maximum atomic E-state index is 13.1. The van der Waals surface area contributed by atoms with Gasteiger partial charge in [-0.2, -0.15) is 11.3 Å². The van der Waals surface area contributed by atoms with Gasteiger partial charge in [-0.3, -0.25) is 9.69 Å². The van der Waals surface area contributed by atoms with Gasteiger partial charge in [0, 0.05) is 30.6 Å². The summed E-state index contributed by atoms with van der Waals surface area (Å²) in [6.07, 6.45) is 0. The molecule has 0 saturated carbocycles. The predicted molar refractivity (Wildman–Crippen MR) is 127 cm³/mol. The molecule has 3 heterocycles. The van der Waals surface area contributed by atoms with Crippen molar-refractivity contribution in [3.05, 3.63) is 51.2 Å². The second kappa shape index (κ2) is 10.4. The summed E-state index contributed by atoms with van der Waals surface area (Å²) in [6, 6.07) is 7.94. The minimum Gasteiger partial charge on any atom is -0.493 e. The molecule has 1 saturated heterocycles. The van der Waals surface area contributed by atoms with E-state index in [4.69, 9.17) is 14.2 Å². The van der Waals surface area contributed by atoms with Gasteiger partial charge >= 0.3 is 0 Å². The Morgan fingerprint density at radius 2 is 2.00 bits per heavy atom. The number of thiazole rings is 1. The first-order valence-electron chi connectivity index (χ1n) is 10.4. The number of amides is 1. The molecule has 1 N–H and O–H groups in total. The number of aromatic nitrogens is 1. The van der Waals surface area contributed by atoms with Crippen molar-refractivity contribution < 1.29 is 19.0 Å². The SMILES string of the molecule is COc1ccc(C(CNC(=O)c2sc(-c3ccsc3)nc2C)N2CCOCC2)cc1OC. The summed E-state index contributed by atoms with van der Waals surface area (Å²) in [4.78, 5) is 20.6. The molecule has 1 unspecified atom stereocenters. The largest absolute Gasteiger partial charge is 0.493 e. The molecular formula is C23H27N3O4S2. The number of benzene rings is 1. The molecule has 32 heavy (non-hydrogen) atoms. The Hall–Kier alpha value is -2.46. The number of nitrogens with one attached hydrogen (secondary N) is 1. The molecule has 0 bridgehead atoms. The number of ether oxygens (including phenoxy) is 3. The average Bonchev–Trinajstić information content (AvgIpc) is 3.49. The van der Waals surface area contributed by atoms with Crippen molar-refractivity contribution in [2.75, 3.05) is 47.1 Å². The first-order valence-corrected chi connectivity index (χ1v) is 12.2. The zero-order chi connectivity index (χ0) is 22.5. The first-order chi connectivity index (χ1) is 15.6. The van der Waals surface area contributed by atoms with E-state index in [-0.39, 0.29) is 11.9 Å². The van der Waals surface area contributed by atoms with Crippen molar-refractivity contribution in [1.29, 1.82) is 0 Å². The Labute approximate surface area is 196 Å². The number of methoxy groups -OCH3 is 2. The summed E-state index contributed by atoms with van der Waals surface area (Å²) in [6.45, 7) is 5.31. The number of hydrogen-bond acceptors (Lipinski definition) is 8. The van der Waals surface area contributed by atoms with E-state index >= 15 is 0 Å². The summed E-state index contributed by atoms with van der Waals surface area (Å²) in [7, 11) is 3.25. The van der Waals surface area contributed by atoms with Crippen LogP contribution < -0.4 is 14.8 Å². The Kier molecular flexibility index (Phi) is 7.41. The van der Waals surface area contributed by atoms with E-state index in [2.05, 4.69) is 15.2 Å². The molecule has 1 fully saturated rings. The van der Waals surface area contributed by atoms with Crippen LogP contribution in [-0.2, 0) is 4.74 Å². The van der Waals surface area contributed by atoms with E-state index in [1.807, 2.05) is 41.9 Å². The fourth-order valence-corrected chi connectivity index (χ4v) is 5.49. The molecule has 9 heteroatoms. The third-order valence-electron chi connectivity index (χ3n) is 5.51. The standard InChI is InChI=1S/C23H27N3O4S2/c1-15-21(32-23(25-15)17-6-11-31-14-17)22(27)24-13-18(26-7-9-30-10-8-26)16-4-5-19(28-2)20(12-16)29-3/h4-6,11-12,14,18H,7-10,13H2,1-3H3,(H,24,27). The molecule has 2 aromatic heterocycles. The van der Waals surface area contributed by atoms with Crippen LogP contribution in [0.25, 0.3) is 10.6 Å². The molecule has 170 valence electrons. The quantitative estimate of drug-likeness (QED) is 0.533. The maximum Gasteiger partial charge on any atom is 0.263 e. The molecule has 3 aromatic rings. The van der Waals surface area contributed by atoms with Gasteiger partial charge in [0.2, 0.25) is 0 Å². The van der Waals surface area contributed by atoms with Crippen LogP contribution >= 0.6 is 22.7 Å². The summed E-state index contributed by atoms with van der Waals surface area (Å²) in [5.74, 6) is 1.26. The summed E-state index contributed by atoms with van der Waals surface area (Å²) in [5, 5.41) is 8.08. The lowest BCUT2D eigenvalue weighted by molar-refractivity contribution is 0.0162. The zero-order valence-corrected chi connectivity index (χ0v) is 20.1. The van der Waals surface area contributed by atoms with Crippen molar-refractivity contribution >= 4 is 28.6 Å². The van der Waals surface area contributed by atoms with Crippen LogP contribution in [0.3, 0.4) is 0 Å². The fraction of sp³-hybridized carbons (Fsp3) is 0.391. The van der Waals surface area contributed by atoms with Gasteiger partial charge in [0.15, 0.2) is 11.5 Å². The monoisotopic (exact) mass is 473 g/mol. The molecule has 0 aliphatic carbocycles. The number of rotatable bonds is 8. The third kappa shape index (κ3) is 4.96. The number of aryl methyl sites for hydroxylation is 1. The van der Waals surface area contributed by atoms with Crippen LogP contribution in [0.4, 0.5) is 0 Å². The van der Waals surface area contributed by atoms with Crippen LogP contribution in [0, 0.1) is 6.92 Å². The summed E-state index contributed by atoms with van der Waals surface area (Å²) >= 11 is 3.06. The van der Waals surface area contributed by atoms with Crippen LogP contribution in [0.2, 0.25) is 0 Å². The molecule has 7 nitrogen and oxygen atoms in total. The molecular weight excluding hydrogens is 446 g/mol. The molecule has 1 aromatic carbocycles. The number of carbonyl (C=O) groups is 1. The van der Waals surface area contributed by atoms with Crippen LogP contribution in [0.1, 0.15) is 27.0 Å². The van der Waals surface area contributed by atoms with E-state index in [0.29, 0.717) is 36.1 Å². The minimum absolute atomic E-state index is 0.00720. The van der Waals surface area contributed by atoms with Gasteiger partial charge in [0.05, 0.1) is 39.2 Å². The lowest BCUT2D eigenvalue weighted by atomic mass is 10.0. The van der Waals surface area contributed by atoms with Gasteiger partial charge in [-0.1, -0.05) is 6.07 Å². The van der Waals surface area contributed by atoms with Gasteiger partial charge in [0.25, 0.3) is 5.91 Å². The van der Waals surface area contributed by atoms with Crippen LogP contribution in [0.15, 0.2) is 35.0 Å². The second-order valence-electron chi connectivity index (χ2n) is 7.43. The maximum absolute atomic E-state index is 13.1. The Balaban J connectivity index is 1.53. The van der Waals surface area contributed by atoms with E-state index in [9.17, 15) is 4.79 Å². The zero-order valence-electron chi connectivity index (χ0n) is 18.4. The molecule has 1 aliphatic rings. The molecule has 0 radical (unpaired) electrons. The van der Waals surface area contributed by atoms with E-state index in [1.54, 1.807) is 25.6 Å². The average molecular weight is 474 g/mol. The van der Waals surface area contributed by atoms with Gasteiger partial charge in [0.1, 0.15) is 9.88 Å². The minimum atomic E-state index is -0.0970. The van der Waals surface area contributed by atoms with E-state index in [0.717, 1.165) is 34.9 Å². The van der Waals surface area contributed by atoms with Gasteiger partial charge in [-0.25, -0.2) is 4.98 Å². The Bertz CT molecular complexity index is 1050. The fourth-order valence-electron chi connectivity index (χ4n) is 3.79. The van der Waals surface area contributed by atoms with Crippen LogP contribution in [0.5, 0.6) is 11.5 Å². The molecule has 1 aliphatic heterocycles. The summed E-state index contributed by atoms with van der Waals surface area (Å²) < 4.78 is 16.4. The lowest BCUT2D eigenvalue weighted by Crippen LogP contribution is -2.43. The van der Waals surface area contributed by atoms with E-state index < -0.39 is 0 Å². The molecule has 1 atom stereocenters. The topological polar surface area (TPSA) is 72.9 Å². The summed E-state index contributed by atoms with van der Waals surface area (Å²) in [5.41, 5.74) is 2.87. The Morgan fingerprint density at radius 3 is 2.69 bits per heavy atom. The highest BCUT2D eigenvalue weighted by Gasteiger charge is 2.25. The highest BCUT2D eigenvalue weighted by molar-refractivity contribution is 7.17. The first kappa shape index (κ1) is 22.7. The van der Waals surface area contributed by atoms with Gasteiger partial charge in [-0.05, 0) is 36.1 Å². The van der Waals surface area contributed by atoms with Crippen molar-refractivity contribution in [2.24, 2.45) is 0 Å². The highest BCUT2D eigenvalue weighted by atomic mass is 32.1. The Morgan fingerprint density at radius 1 is 1.22 bits per heavy atom. The van der Waals surface area contributed by atoms with Crippen molar-refractivity contribution in [1.82, 2.24) is 15.2 Å². The number of carbonyl (C=O) groups excluding carboxylic acids is 1. The lowest BCUT2D eigenvalue weighted by Gasteiger charge is -2.35. The molecule has 1 amide bonds. The number of nitrogens with zero attached hydrogens (tertiary/aromatic N) is 2. The van der Waals surface area contributed by atoms with Crippen molar-refractivity contribution in [3.8, 4) is 22.1 Å². The van der Waals surface area contributed by atoms with Gasteiger partial charge < -0.3 is 19.5 Å². The molecule has 4 rings (SSSR count).